The lowest BCUT2D eigenvalue weighted by atomic mass is 10.2. The number of halogens is 4. The maximum atomic E-state index is 11.9. The second kappa shape index (κ2) is 8.74. The van der Waals surface area contributed by atoms with Gasteiger partial charge in [-0.05, 0) is 48.1 Å². The summed E-state index contributed by atoms with van der Waals surface area (Å²) in [5.74, 6) is -0.689. The predicted molar refractivity (Wildman–Crippen MR) is 108 cm³/mol. The predicted octanol–water partition coefficient (Wildman–Crippen LogP) is 5.53. The molecule has 0 aromatic heterocycles. The van der Waals surface area contributed by atoms with E-state index in [1.165, 1.54) is 24.3 Å². The van der Waals surface area contributed by atoms with Crippen LogP contribution in [-0.2, 0) is 4.79 Å². The quantitative estimate of drug-likeness (QED) is 0.337. The number of hydrogen-bond donors (Lipinski definition) is 3. The van der Waals surface area contributed by atoms with E-state index in [4.69, 9.17) is 58.6 Å². The average molecular weight is 436 g/mol. The van der Waals surface area contributed by atoms with Crippen molar-refractivity contribution in [2.24, 2.45) is 0 Å². The third kappa shape index (κ3) is 5.76. The number of hydrogen-bond acceptors (Lipinski definition) is 3. The minimum atomic E-state index is -0.459. The van der Waals surface area contributed by atoms with Gasteiger partial charge in [0.05, 0.1) is 10.0 Å². The summed E-state index contributed by atoms with van der Waals surface area (Å²) >= 11 is 28.5. The summed E-state index contributed by atoms with van der Waals surface area (Å²) < 4.78 is 0. The fraction of sp³-hybridized carbons (Fsp3) is 0. The fourth-order valence-electron chi connectivity index (χ4n) is 1.76. The molecule has 9 heteroatoms. The molecule has 1 amide bonds. The first-order valence-electron chi connectivity index (χ1n) is 6.69. The SMILES string of the molecule is O=C(/C=C/c1ccc(Cl)cc1Cl)NC(=S)Nc1cc(Cl)c(O)c(Cl)c1. The van der Waals surface area contributed by atoms with E-state index in [1.807, 2.05) is 0 Å². The molecule has 0 unspecified atom stereocenters. The molecule has 4 nitrogen and oxygen atoms in total. The topological polar surface area (TPSA) is 61.4 Å². The van der Waals surface area contributed by atoms with E-state index in [0.717, 1.165) is 0 Å². The van der Waals surface area contributed by atoms with E-state index < -0.39 is 5.91 Å². The molecule has 0 aliphatic heterocycles. The number of amides is 1. The van der Waals surface area contributed by atoms with Gasteiger partial charge in [-0.1, -0.05) is 52.5 Å². The van der Waals surface area contributed by atoms with Gasteiger partial charge in [0.25, 0.3) is 0 Å². The van der Waals surface area contributed by atoms with Gasteiger partial charge in [0.1, 0.15) is 0 Å². The van der Waals surface area contributed by atoms with Crippen LogP contribution >= 0.6 is 58.6 Å². The first kappa shape index (κ1) is 19.8. The van der Waals surface area contributed by atoms with Crippen molar-refractivity contribution in [2.75, 3.05) is 5.32 Å². The van der Waals surface area contributed by atoms with Crippen LogP contribution in [0.4, 0.5) is 5.69 Å². The van der Waals surface area contributed by atoms with Crippen LogP contribution < -0.4 is 10.6 Å². The van der Waals surface area contributed by atoms with Crippen LogP contribution in [0.5, 0.6) is 5.75 Å². The Morgan fingerprint density at radius 1 is 1.04 bits per heavy atom. The number of anilines is 1. The zero-order valence-electron chi connectivity index (χ0n) is 12.3. The van der Waals surface area contributed by atoms with Gasteiger partial charge >= 0.3 is 0 Å². The van der Waals surface area contributed by atoms with Crippen molar-refractivity contribution in [1.82, 2.24) is 5.32 Å². The molecule has 0 saturated heterocycles. The molecule has 0 spiro atoms. The number of nitrogens with one attached hydrogen (secondary N) is 2. The Morgan fingerprint density at radius 2 is 1.68 bits per heavy atom. The first-order valence-corrected chi connectivity index (χ1v) is 8.61. The lowest BCUT2D eigenvalue weighted by Crippen LogP contribution is -2.32. The van der Waals surface area contributed by atoms with Crippen molar-refractivity contribution >= 4 is 81.4 Å². The van der Waals surface area contributed by atoms with Gasteiger partial charge in [-0.25, -0.2) is 0 Å². The summed E-state index contributed by atoms with van der Waals surface area (Å²) in [6.45, 7) is 0. The maximum absolute atomic E-state index is 11.9. The van der Waals surface area contributed by atoms with Gasteiger partial charge in [-0.3, -0.25) is 10.1 Å². The van der Waals surface area contributed by atoms with Crippen LogP contribution in [0.2, 0.25) is 20.1 Å². The zero-order chi connectivity index (χ0) is 18.6. The molecule has 0 aliphatic rings. The normalized spacial score (nSPS) is 10.7. The third-order valence-electron chi connectivity index (χ3n) is 2.89. The van der Waals surface area contributed by atoms with E-state index in [9.17, 15) is 9.90 Å². The van der Waals surface area contributed by atoms with E-state index in [1.54, 1.807) is 18.2 Å². The van der Waals surface area contributed by atoms with Crippen LogP contribution in [0, 0.1) is 0 Å². The summed E-state index contributed by atoms with van der Waals surface area (Å²) in [7, 11) is 0. The van der Waals surface area contributed by atoms with Crippen molar-refractivity contribution in [3.05, 3.63) is 62.1 Å². The number of phenolic OH excluding ortho intramolecular Hbond substituents is 1. The third-order valence-corrected chi connectivity index (χ3v) is 4.23. The van der Waals surface area contributed by atoms with Crippen LogP contribution in [0.15, 0.2) is 36.4 Å². The summed E-state index contributed by atoms with van der Waals surface area (Å²) in [5, 5.41) is 15.8. The number of carbonyl (C=O) groups is 1. The molecule has 0 aliphatic carbocycles. The van der Waals surface area contributed by atoms with Crippen molar-refractivity contribution in [2.45, 2.75) is 0 Å². The second-order valence-electron chi connectivity index (χ2n) is 4.73. The van der Waals surface area contributed by atoms with Crippen molar-refractivity contribution in [1.29, 1.82) is 0 Å². The summed E-state index contributed by atoms with van der Waals surface area (Å²) in [6, 6.07) is 7.77. The highest BCUT2D eigenvalue weighted by atomic mass is 35.5. The number of aromatic hydroxyl groups is 1. The van der Waals surface area contributed by atoms with Crippen LogP contribution in [0.3, 0.4) is 0 Å². The largest absolute Gasteiger partial charge is 0.505 e. The van der Waals surface area contributed by atoms with Crippen LogP contribution in [-0.4, -0.2) is 16.1 Å². The highest BCUT2D eigenvalue weighted by Crippen LogP contribution is 2.34. The molecule has 0 saturated carbocycles. The molecule has 0 radical (unpaired) electrons. The van der Waals surface area contributed by atoms with Gasteiger partial charge in [0, 0.05) is 21.8 Å². The van der Waals surface area contributed by atoms with E-state index in [2.05, 4.69) is 10.6 Å². The Morgan fingerprint density at radius 3 is 2.28 bits per heavy atom. The number of phenols is 1. The van der Waals surface area contributed by atoms with Gasteiger partial charge in [-0.15, -0.1) is 0 Å². The van der Waals surface area contributed by atoms with Crippen LogP contribution in [0.25, 0.3) is 6.08 Å². The van der Waals surface area contributed by atoms with E-state index in [0.29, 0.717) is 21.3 Å². The highest BCUT2D eigenvalue weighted by Gasteiger charge is 2.08. The fourth-order valence-corrected chi connectivity index (χ4v) is 2.93. The molecule has 0 atom stereocenters. The molecule has 2 aromatic rings. The molecule has 2 aromatic carbocycles. The van der Waals surface area contributed by atoms with E-state index in [-0.39, 0.29) is 20.9 Å². The van der Waals surface area contributed by atoms with Gasteiger partial charge in [-0.2, -0.15) is 0 Å². The van der Waals surface area contributed by atoms with Crippen molar-refractivity contribution in [3.63, 3.8) is 0 Å². The Labute approximate surface area is 169 Å². The molecule has 0 heterocycles. The van der Waals surface area contributed by atoms with Crippen molar-refractivity contribution < 1.29 is 9.90 Å². The smallest absolute Gasteiger partial charge is 0.250 e. The number of thiocarbonyl (C=S) groups is 1. The van der Waals surface area contributed by atoms with Gasteiger partial charge in [0.15, 0.2) is 10.9 Å². The molecular weight excluding hydrogens is 426 g/mol. The summed E-state index contributed by atoms with van der Waals surface area (Å²) in [6.07, 6.45) is 2.81. The summed E-state index contributed by atoms with van der Waals surface area (Å²) in [4.78, 5) is 11.9. The maximum Gasteiger partial charge on any atom is 0.250 e. The van der Waals surface area contributed by atoms with E-state index >= 15 is 0 Å². The number of benzene rings is 2. The highest BCUT2D eigenvalue weighted by molar-refractivity contribution is 7.80. The number of rotatable bonds is 3. The molecular formula is C16H10Cl4N2O2S. The standard InChI is InChI=1S/C16H10Cl4N2O2S/c17-9-3-1-8(11(18)5-9)2-4-14(23)22-16(25)21-10-6-12(19)15(24)13(20)7-10/h1-7,24H,(H2,21,22,23,25)/b4-2+. The van der Waals surface area contributed by atoms with Crippen molar-refractivity contribution in [3.8, 4) is 5.75 Å². The molecule has 0 bridgehead atoms. The molecule has 2 rings (SSSR count). The Hall–Kier alpha value is -1.50. The Balaban J connectivity index is 1.98. The van der Waals surface area contributed by atoms with Crippen LogP contribution in [0.1, 0.15) is 5.56 Å². The minimum Gasteiger partial charge on any atom is -0.505 e. The lowest BCUT2D eigenvalue weighted by molar-refractivity contribution is -0.115. The Bertz CT molecular complexity index is 848. The molecule has 0 fully saturated rings. The molecule has 3 N–H and O–H groups in total. The zero-order valence-corrected chi connectivity index (χ0v) is 16.2. The summed E-state index contributed by atoms with van der Waals surface area (Å²) in [5.41, 5.74) is 1.06. The average Bonchev–Trinajstić information content (AvgIpc) is 2.51. The van der Waals surface area contributed by atoms with Gasteiger partial charge in [0.2, 0.25) is 5.91 Å². The first-order chi connectivity index (χ1) is 11.8. The molecule has 130 valence electrons. The molecule has 25 heavy (non-hydrogen) atoms. The second-order valence-corrected chi connectivity index (χ2v) is 6.80. The monoisotopic (exact) mass is 434 g/mol. The Kier molecular flexibility index (Phi) is 6.93. The number of carbonyl (C=O) groups excluding carboxylic acids is 1. The minimum absolute atomic E-state index is 0.0367. The van der Waals surface area contributed by atoms with Gasteiger partial charge < -0.3 is 10.4 Å². The lowest BCUT2D eigenvalue weighted by Gasteiger charge is -2.10.